The van der Waals surface area contributed by atoms with Gasteiger partial charge in [-0.1, -0.05) is 24.3 Å². The van der Waals surface area contributed by atoms with E-state index in [9.17, 15) is 9.90 Å². The number of nitrogens with two attached hydrogens (primary N) is 2. The molecule has 0 fully saturated rings. The van der Waals surface area contributed by atoms with Crippen LogP contribution in [0, 0.1) is 0 Å². The molecule has 1 aliphatic heterocycles. The second-order valence-corrected chi connectivity index (χ2v) is 6.97. The standard InChI is InChI=1S/C19H15N3O3S/c20-16-13(9-23)18(21)22-19-15(16)17(26-11-4-2-1-3-5-11)12-7-6-10(24)8-14(12)25-19/h1-9,17,24H,(H4,20,21,22). The van der Waals surface area contributed by atoms with Crippen molar-refractivity contribution in [2.75, 3.05) is 11.5 Å². The quantitative estimate of drug-likeness (QED) is 0.606. The van der Waals surface area contributed by atoms with Crippen molar-refractivity contribution >= 4 is 29.6 Å². The summed E-state index contributed by atoms with van der Waals surface area (Å²) < 4.78 is 5.83. The predicted molar refractivity (Wildman–Crippen MR) is 101 cm³/mol. The zero-order valence-corrected chi connectivity index (χ0v) is 14.4. The van der Waals surface area contributed by atoms with Crippen LogP contribution in [0.15, 0.2) is 53.4 Å². The van der Waals surface area contributed by atoms with Gasteiger partial charge in [-0.2, -0.15) is 4.98 Å². The molecule has 2 heterocycles. The summed E-state index contributed by atoms with van der Waals surface area (Å²) in [6.45, 7) is 0. The number of anilines is 2. The second-order valence-electron chi connectivity index (χ2n) is 5.80. The number of pyridine rings is 1. The molecule has 0 radical (unpaired) electrons. The second kappa shape index (κ2) is 6.27. The number of carbonyl (C=O) groups is 1. The van der Waals surface area contributed by atoms with Gasteiger partial charge in [0, 0.05) is 16.5 Å². The van der Waals surface area contributed by atoms with Crippen molar-refractivity contribution in [3.05, 3.63) is 65.2 Å². The highest BCUT2D eigenvalue weighted by atomic mass is 32.2. The van der Waals surface area contributed by atoms with E-state index in [1.807, 2.05) is 30.3 Å². The van der Waals surface area contributed by atoms with Crippen LogP contribution in [0.3, 0.4) is 0 Å². The minimum absolute atomic E-state index is 0.0170. The Kier molecular flexibility index (Phi) is 3.93. The molecule has 0 spiro atoms. The van der Waals surface area contributed by atoms with Crippen LogP contribution < -0.4 is 16.2 Å². The van der Waals surface area contributed by atoms with Crippen LogP contribution in [0.5, 0.6) is 17.4 Å². The summed E-state index contributed by atoms with van der Waals surface area (Å²) in [6.07, 6.45) is 0.606. The lowest BCUT2D eigenvalue weighted by Gasteiger charge is -2.29. The van der Waals surface area contributed by atoms with Gasteiger partial charge in [-0.25, -0.2) is 0 Å². The summed E-state index contributed by atoms with van der Waals surface area (Å²) in [5.41, 5.74) is 14.0. The molecular formula is C19H15N3O3S. The van der Waals surface area contributed by atoms with Crippen molar-refractivity contribution < 1.29 is 14.6 Å². The normalized spacial score (nSPS) is 14.8. The number of benzene rings is 2. The van der Waals surface area contributed by atoms with E-state index in [0.717, 1.165) is 10.5 Å². The molecule has 2 aromatic carbocycles. The molecule has 1 unspecified atom stereocenters. The largest absolute Gasteiger partial charge is 0.508 e. The number of thioether (sulfide) groups is 1. The maximum atomic E-state index is 11.4. The zero-order chi connectivity index (χ0) is 18.3. The Hall–Kier alpha value is -3.19. The number of carbonyl (C=O) groups excluding carboxylic acids is 1. The Balaban J connectivity index is 1.93. The fourth-order valence-electron chi connectivity index (χ4n) is 2.93. The summed E-state index contributed by atoms with van der Waals surface area (Å²) in [4.78, 5) is 16.6. The third-order valence-corrected chi connectivity index (χ3v) is 5.44. The maximum Gasteiger partial charge on any atom is 0.228 e. The van der Waals surface area contributed by atoms with E-state index in [1.165, 1.54) is 6.07 Å². The molecule has 3 aromatic rings. The third kappa shape index (κ3) is 2.62. The molecule has 1 aromatic heterocycles. The van der Waals surface area contributed by atoms with Gasteiger partial charge in [0.05, 0.1) is 22.1 Å². The van der Waals surface area contributed by atoms with Crippen LogP contribution in [0.2, 0.25) is 0 Å². The number of aromatic hydroxyl groups is 1. The Morgan fingerprint density at radius 2 is 1.92 bits per heavy atom. The molecule has 7 heteroatoms. The molecular weight excluding hydrogens is 350 g/mol. The summed E-state index contributed by atoms with van der Waals surface area (Å²) in [6, 6.07) is 14.7. The number of rotatable bonds is 3. The first kappa shape index (κ1) is 16.3. The first-order valence-electron chi connectivity index (χ1n) is 7.85. The first-order chi connectivity index (χ1) is 12.6. The predicted octanol–water partition coefficient (Wildman–Crippen LogP) is 3.75. The molecule has 5 N–H and O–H groups in total. The molecule has 0 aliphatic carbocycles. The number of hydrogen-bond donors (Lipinski definition) is 3. The third-order valence-electron chi connectivity index (χ3n) is 4.17. The smallest absolute Gasteiger partial charge is 0.228 e. The molecule has 0 amide bonds. The molecule has 26 heavy (non-hydrogen) atoms. The zero-order valence-electron chi connectivity index (χ0n) is 13.5. The minimum Gasteiger partial charge on any atom is -0.508 e. The monoisotopic (exact) mass is 365 g/mol. The number of nitrogen functional groups attached to an aromatic ring is 2. The van der Waals surface area contributed by atoms with E-state index in [2.05, 4.69) is 4.98 Å². The van der Waals surface area contributed by atoms with Crippen molar-refractivity contribution in [2.24, 2.45) is 0 Å². The van der Waals surface area contributed by atoms with Crippen molar-refractivity contribution in [2.45, 2.75) is 10.1 Å². The molecule has 1 atom stereocenters. The average molecular weight is 365 g/mol. The number of ether oxygens (including phenoxy) is 1. The minimum atomic E-state index is -0.261. The highest BCUT2D eigenvalue weighted by molar-refractivity contribution is 7.99. The number of fused-ring (bicyclic) bond motifs is 2. The lowest BCUT2D eigenvalue weighted by Crippen LogP contribution is -2.15. The van der Waals surface area contributed by atoms with Gasteiger partial charge >= 0.3 is 0 Å². The van der Waals surface area contributed by atoms with Crippen LogP contribution in [-0.2, 0) is 0 Å². The fraction of sp³-hybridized carbons (Fsp3) is 0.0526. The van der Waals surface area contributed by atoms with E-state index >= 15 is 0 Å². The topological polar surface area (TPSA) is 111 Å². The van der Waals surface area contributed by atoms with Crippen LogP contribution in [0.25, 0.3) is 0 Å². The lowest BCUT2D eigenvalue weighted by molar-refractivity contribution is 0.112. The van der Waals surface area contributed by atoms with Crippen LogP contribution in [0.1, 0.15) is 26.7 Å². The SMILES string of the molecule is Nc1nc2c(c(N)c1C=O)C(Sc1ccccc1)c1ccc(O)cc1O2. The summed E-state index contributed by atoms with van der Waals surface area (Å²) in [5.74, 6) is 0.831. The van der Waals surface area contributed by atoms with Crippen LogP contribution >= 0.6 is 11.8 Å². The van der Waals surface area contributed by atoms with E-state index in [0.29, 0.717) is 17.6 Å². The summed E-state index contributed by atoms with van der Waals surface area (Å²) in [5, 5.41) is 9.54. The number of hydrogen-bond acceptors (Lipinski definition) is 7. The highest BCUT2D eigenvalue weighted by Crippen LogP contribution is 2.54. The molecule has 6 nitrogen and oxygen atoms in total. The fourth-order valence-corrected chi connectivity index (χ4v) is 4.18. The van der Waals surface area contributed by atoms with Gasteiger partial charge < -0.3 is 21.3 Å². The molecule has 4 rings (SSSR count). The Labute approximate surface area is 153 Å². The van der Waals surface area contributed by atoms with Gasteiger partial charge in [0.2, 0.25) is 5.88 Å². The number of phenolic OH excluding ortho intramolecular Hbond substituents is 1. The van der Waals surface area contributed by atoms with Crippen molar-refractivity contribution in [3.63, 3.8) is 0 Å². The molecule has 0 saturated carbocycles. The van der Waals surface area contributed by atoms with Crippen molar-refractivity contribution in [1.82, 2.24) is 4.98 Å². The van der Waals surface area contributed by atoms with Gasteiger partial charge in [-0.3, -0.25) is 4.79 Å². The van der Waals surface area contributed by atoms with Crippen LogP contribution in [-0.4, -0.2) is 16.4 Å². The van der Waals surface area contributed by atoms with Gasteiger partial charge in [0.25, 0.3) is 0 Å². The molecule has 0 bridgehead atoms. The average Bonchev–Trinajstić information content (AvgIpc) is 2.62. The van der Waals surface area contributed by atoms with E-state index in [-0.39, 0.29) is 33.9 Å². The highest BCUT2D eigenvalue weighted by Gasteiger charge is 2.33. The summed E-state index contributed by atoms with van der Waals surface area (Å²) >= 11 is 1.56. The van der Waals surface area contributed by atoms with Crippen molar-refractivity contribution in [1.29, 1.82) is 0 Å². The maximum absolute atomic E-state index is 11.4. The lowest BCUT2D eigenvalue weighted by atomic mass is 9.98. The molecule has 0 saturated heterocycles. The summed E-state index contributed by atoms with van der Waals surface area (Å²) in [7, 11) is 0. The molecule has 1 aliphatic rings. The van der Waals surface area contributed by atoms with E-state index < -0.39 is 0 Å². The number of nitrogens with zero attached hydrogens (tertiary/aromatic N) is 1. The Morgan fingerprint density at radius 1 is 1.15 bits per heavy atom. The van der Waals surface area contributed by atoms with Crippen LogP contribution in [0.4, 0.5) is 11.5 Å². The van der Waals surface area contributed by atoms with Gasteiger partial charge in [0.1, 0.15) is 17.3 Å². The Morgan fingerprint density at radius 3 is 2.65 bits per heavy atom. The van der Waals surface area contributed by atoms with Gasteiger partial charge in [-0.05, 0) is 18.2 Å². The first-order valence-corrected chi connectivity index (χ1v) is 8.73. The number of aromatic nitrogens is 1. The van der Waals surface area contributed by atoms with Gasteiger partial charge in [0.15, 0.2) is 6.29 Å². The van der Waals surface area contributed by atoms with E-state index in [1.54, 1.807) is 23.9 Å². The van der Waals surface area contributed by atoms with Crippen molar-refractivity contribution in [3.8, 4) is 17.4 Å². The Bertz CT molecular complexity index is 1010. The van der Waals surface area contributed by atoms with E-state index in [4.69, 9.17) is 16.2 Å². The molecule has 130 valence electrons. The number of aldehydes is 1. The van der Waals surface area contributed by atoms with Gasteiger partial charge in [-0.15, -0.1) is 11.8 Å². The number of phenols is 1.